The molecule has 2 aromatic carbocycles. The molecule has 0 radical (unpaired) electrons. The molecule has 1 atom stereocenters. The predicted molar refractivity (Wildman–Crippen MR) is 94.9 cm³/mol. The molecular formula is C19H23NO3S. The highest BCUT2D eigenvalue weighted by Crippen LogP contribution is 2.36. The van der Waals surface area contributed by atoms with Crippen LogP contribution < -0.4 is 4.74 Å². The van der Waals surface area contributed by atoms with Crippen LogP contribution in [0.2, 0.25) is 0 Å². The van der Waals surface area contributed by atoms with Crippen LogP contribution >= 0.6 is 0 Å². The van der Waals surface area contributed by atoms with Gasteiger partial charge in [-0.1, -0.05) is 24.3 Å². The first-order valence-electron chi connectivity index (χ1n) is 8.11. The summed E-state index contributed by atoms with van der Waals surface area (Å²) in [5.74, 6) is 0.681. The van der Waals surface area contributed by atoms with Crippen LogP contribution in [-0.2, 0) is 16.4 Å². The smallest absolute Gasteiger partial charge is 0.244 e. The van der Waals surface area contributed by atoms with Crippen LogP contribution in [0.5, 0.6) is 5.75 Å². The second-order valence-corrected chi connectivity index (χ2v) is 8.16. The molecule has 3 rings (SSSR count). The minimum absolute atomic E-state index is 0.166. The molecule has 2 aromatic rings. The molecule has 1 heterocycles. The number of hydrogen-bond acceptors (Lipinski definition) is 3. The number of rotatable bonds is 3. The highest BCUT2D eigenvalue weighted by molar-refractivity contribution is 7.89. The second-order valence-electron chi connectivity index (χ2n) is 6.33. The topological polar surface area (TPSA) is 46.6 Å². The Kier molecular flexibility index (Phi) is 4.40. The average Bonchev–Trinajstić information content (AvgIpc) is 2.54. The Labute approximate surface area is 144 Å². The van der Waals surface area contributed by atoms with Crippen molar-refractivity contribution in [1.29, 1.82) is 0 Å². The maximum atomic E-state index is 13.3. The molecule has 0 spiro atoms. The maximum absolute atomic E-state index is 13.3. The van der Waals surface area contributed by atoms with E-state index in [9.17, 15) is 8.42 Å². The molecule has 128 valence electrons. The van der Waals surface area contributed by atoms with Crippen molar-refractivity contribution in [3.63, 3.8) is 0 Å². The molecular weight excluding hydrogens is 322 g/mol. The van der Waals surface area contributed by atoms with Crippen LogP contribution in [0, 0.1) is 13.8 Å². The SMILES string of the molecule is COc1cc(C)c(S(=O)(=O)N2CCc3ccccc3C2C)c(C)c1. The Balaban J connectivity index is 2.07. The second kappa shape index (κ2) is 6.22. The lowest BCUT2D eigenvalue weighted by atomic mass is 9.96. The fourth-order valence-electron chi connectivity index (χ4n) is 3.63. The molecule has 0 aliphatic carbocycles. The number of fused-ring (bicyclic) bond motifs is 1. The first kappa shape index (κ1) is 17.0. The highest BCUT2D eigenvalue weighted by atomic mass is 32.2. The normalized spacial score (nSPS) is 18.2. The van der Waals surface area contributed by atoms with E-state index in [1.165, 1.54) is 5.56 Å². The maximum Gasteiger partial charge on any atom is 0.244 e. The van der Waals surface area contributed by atoms with E-state index in [1.54, 1.807) is 23.5 Å². The molecule has 1 aliphatic rings. The van der Waals surface area contributed by atoms with Crippen molar-refractivity contribution >= 4 is 10.0 Å². The summed E-state index contributed by atoms with van der Waals surface area (Å²) >= 11 is 0. The van der Waals surface area contributed by atoms with Crippen molar-refractivity contribution in [2.75, 3.05) is 13.7 Å². The molecule has 5 heteroatoms. The number of methoxy groups -OCH3 is 1. The van der Waals surface area contributed by atoms with E-state index in [0.717, 1.165) is 23.1 Å². The van der Waals surface area contributed by atoms with Crippen molar-refractivity contribution in [1.82, 2.24) is 4.31 Å². The van der Waals surface area contributed by atoms with Crippen molar-refractivity contribution in [3.8, 4) is 5.75 Å². The molecule has 1 aliphatic heterocycles. The number of aryl methyl sites for hydroxylation is 2. The summed E-state index contributed by atoms with van der Waals surface area (Å²) in [5.41, 5.74) is 3.77. The summed E-state index contributed by atoms with van der Waals surface area (Å²) in [7, 11) is -1.97. The largest absolute Gasteiger partial charge is 0.497 e. The van der Waals surface area contributed by atoms with E-state index in [0.29, 0.717) is 17.2 Å². The summed E-state index contributed by atoms with van der Waals surface area (Å²) in [6.07, 6.45) is 0.744. The molecule has 0 amide bonds. The predicted octanol–water partition coefficient (Wildman–Crippen LogP) is 3.62. The van der Waals surface area contributed by atoms with Gasteiger partial charge < -0.3 is 4.74 Å². The highest BCUT2D eigenvalue weighted by Gasteiger charge is 2.35. The van der Waals surface area contributed by atoms with Crippen molar-refractivity contribution in [2.24, 2.45) is 0 Å². The molecule has 0 bridgehead atoms. The standard InChI is InChI=1S/C19H23NO3S/c1-13-11-17(23-4)12-14(2)19(13)24(21,22)20-10-9-16-7-5-6-8-18(16)15(20)3/h5-8,11-12,15H,9-10H2,1-4H3. The Morgan fingerprint density at radius 3 is 2.38 bits per heavy atom. The van der Waals surface area contributed by atoms with Crippen LogP contribution in [0.25, 0.3) is 0 Å². The van der Waals surface area contributed by atoms with Gasteiger partial charge in [0.2, 0.25) is 10.0 Å². The zero-order chi connectivity index (χ0) is 17.5. The third kappa shape index (κ3) is 2.72. The number of sulfonamides is 1. The van der Waals surface area contributed by atoms with E-state index in [-0.39, 0.29) is 6.04 Å². The zero-order valence-electron chi connectivity index (χ0n) is 14.5. The van der Waals surface area contributed by atoms with Gasteiger partial charge in [0.25, 0.3) is 0 Å². The van der Waals surface area contributed by atoms with E-state index < -0.39 is 10.0 Å². The summed E-state index contributed by atoms with van der Waals surface area (Å²) < 4.78 is 33.5. The van der Waals surface area contributed by atoms with E-state index >= 15 is 0 Å². The fraction of sp³-hybridized carbons (Fsp3) is 0.368. The fourth-order valence-corrected chi connectivity index (χ4v) is 5.66. The van der Waals surface area contributed by atoms with Crippen molar-refractivity contribution in [3.05, 3.63) is 58.7 Å². The van der Waals surface area contributed by atoms with E-state index in [4.69, 9.17) is 4.74 Å². The van der Waals surface area contributed by atoms with Gasteiger partial charge in [-0.25, -0.2) is 8.42 Å². The molecule has 24 heavy (non-hydrogen) atoms. The lowest BCUT2D eigenvalue weighted by Crippen LogP contribution is -2.39. The van der Waals surface area contributed by atoms with Crippen molar-refractivity contribution in [2.45, 2.75) is 38.1 Å². The van der Waals surface area contributed by atoms with Crippen LogP contribution in [-0.4, -0.2) is 26.4 Å². The Morgan fingerprint density at radius 2 is 1.75 bits per heavy atom. The Bertz CT molecular complexity index is 851. The third-order valence-electron chi connectivity index (χ3n) is 4.77. The summed E-state index contributed by atoms with van der Waals surface area (Å²) in [5, 5.41) is 0. The molecule has 1 unspecified atom stereocenters. The molecule has 0 N–H and O–H groups in total. The monoisotopic (exact) mass is 345 g/mol. The van der Waals surface area contributed by atoms with Gasteiger partial charge in [-0.3, -0.25) is 0 Å². The van der Waals surface area contributed by atoms with Gasteiger partial charge in [-0.2, -0.15) is 4.31 Å². The van der Waals surface area contributed by atoms with Crippen LogP contribution in [0.3, 0.4) is 0 Å². The summed E-state index contributed by atoms with van der Waals surface area (Å²) in [6.45, 7) is 6.12. The molecule has 0 saturated carbocycles. The lowest BCUT2D eigenvalue weighted by Gasteiger charge is -2.35. The number of nitrogens with zero attached hydrogens (tertiary/aromatic N) is 1. The number of benzene rings is 2. The number of ether oxygens (including phenoxy) is 1. The molecule has 0 fully saturated rings. The van der Waals surface area contributed by atoms with E-state index in [2.05, 4.69) is 6.07 Å². The van der Waals surface area contributed by atoms with Gasteiger partial charge in [0, 0.05) is 12.6 Å². The minimum atomic E-state index is -3.56. The van der Waals surface area contributed by atoms with Crippen LogP contribution in [0.4, 0.5) is 0 Å². The van der Waals surface area contributed by atoms with Crippen LogP contribution in [0.15, 0.2) is 41.3 Å². The lowest BCUT2D eigenvalue weighted by molar-refractivity contribution is 0.326. The van der Waals surface area contributed by atoms with E-state index in [1.807, 2.05) is 39.0 Å². The Morgan fingerprint density at radius 1 is 1.12 bits per heavy atom. The van der Waals surface area contributed by atoms with Gasteiger partial charge in [0.15, 0.2) is 0 Å². The zero-order valence-corrected chi connectivity index (χ0v) is 15.4. The number of hydrogen-bond donors (Lipinski definition) is 0. The molecule has 0 aromatic heterocycles. The van der Waals surface area contributed by atoms with Gasteiger partial charge in [-0.15, -0.1) is 0 Å². The third-order valence-corrected chi connectivity index (χ3v) is 7.05. The van der Waals surface area contributed by atoms with Gasteiger partial charge in [0.05, 0.1) is 12.0 Å². The minimum Gasteiger partial charge on any atom is -0.497 e. The Hall–Kier alpha value is -1.85. The summed E-state index contributed by atoms with van der Waals surface area (Å²) in [4.78, 5) is 0.398. The van der Waals surface area contributed by atoms with Crippen molar-refractivity contribution < 1.29 is 13.2 Å². The quantitative estimate of drug-likeness (QED) is 0.853. The van der Waals surface area contributed by atoms with Gasteiger partial charge in [-0.05, 0) is 61.6 Å². The molecule has 0 saturated heterocycles. The average molecular weight is 345 g/mol. The summed E-state index contributed by atoms with van der Waals surface area (Å²) in [6, 6.07) is 11.5. The van der Waals surface area contributed by atoms with Crippen LogP contribution in [0.1, 0.15) is 35.2 Å². The van der Waals surface area contributed by atoms with Gasteiger partial charge >= 0.3 is 0 Å². The van der Waals surface area contributed by atoms with Gasteiger partial charge in [0.1, 0.15) is 5.75 Å². The first-order valence-corrected chi connectivity index (χ1v) is 9.55. The molecule has 4 nitrogen and oxygen atoms in total. The first-order chi connectivity index (χ1) is 11.4.